The second-order valence-corrected chi connectivity index (χ2v) is 5.05. The van der Waals surface area contributed by atoms with E-state index in [1.807, 2.05) is 0 Å². The first-order valence-corrected chi connectivity index (χ1v) is 6.10. The van der Waals surface area contributed by atoms with E-state index < -0.39 is 5.60 Å². The molecular formula is C14H21NO. The average molecular weight is 219 g/mol. The molecule has 1 atom stereocenters. The Morgan fingerprint density at radius 3 is 2.75 bits per heavy atom. The first-order valence-electron chi connectivity index (χ1n) is 6.10. The van der Waals surface area contributed by atoms with E-state index in [9.17, 15) is 5.11 Å². The summed E-state index contributed by atoms with van der Waals surface area (Å²) in [6.07, 6.45) is 4.07. The molecule has 1 aromatic rings. The molecule has 0 bridgehead atoms. The molecule has 0 saturated carbocycles. The summed E-state index contributed by atoms with van der Waals surface area (Å²) < 4.78 is 0. The molecule has 1 aliphatic carbocycles. The van der Waals surface area contributed by atoms with E-state index >= 15 is 0 Å². The van der Waals surface area contributed by atoms with Crippen molar-refractivity contribution in [2.24, 2.45) is 5.73 Å². The molecule has 0 spiro atoms. The maximum absolute atomic E-state index is 10.6. The lowest BCUT2D eigenvalue weighted by Crippen LogP contribution is -2.35. The lowest BCUT2D eigenvalue weighted by molar-refractivity contribution is 0.0361. The third-order valence-electron chi connectivity index (χ3n) is 3.72. The molecule has 0 saturated heterocycles. The molecule has 0 heterocycles. The second kappa shape index (κ2) is 4.19. The van der Waals surface area contributed by atoms with Crippen LogP contribution in [0.25, 0.3) is 0 Å². The summed E-state index contributed by atoms with van der Waals surface area (Å²) in [7, 11) is 0. The van der Waals surface area contributed by atoms with Crippen molar-refractivity contribution in [3.63, 3.8) is 0 Å². The standard InChI is InChI=1S/C14H21NO/c1-10-7-11(2)12-5-3-4-6-14(16,9-15)13(12)8-10/h7-8,16H,3-6,9,15H2,1-2H3. The SMILES string of the molecule is Cc1cc(C)c2c(c1)C(O)(CN)CCCC2. The summed E-state index contributed by atoms with van der Waals surface area (Å²) in [5.41, 5.74) is 9.87. The highest BCUT2D eigenvalue weighted by Gasteiger charge is 2.32. The topological polar surface area (TPSA) is 46.2 Å². The Bertz CT molecular complexity index is 400. The highest BCUT2D eigenvalue weighted by atomic mass is 16.3. The monoisotopic (exact) mass is 219 g/mol. The minimum absolute atomic E-state index is 0.322. The average Bonchev–Trinajstić information content (AvgIpc) is 2.40. The Kier molecular flexibility index (Phi) is 3.04. The molecular weight excluding hydrogens is 198 g/mol. The number of nitrogens with two attached hydrogens (primary N) is 1. The van der Waals surface area contributed by atoms with Gasteiger partial charge in [0.15, 0.2) is 0 Å². The molecule has 1 aromatic carbocycles. The molecule has 0 fully saturated rings. The maximum atomic E-state index is 10.6. The number of hydrogen-bond donors (Lipinski definition) is 2. The lowest BCUT2D eigenvalue weighted by atomic mass is 9.85. The van der Waals surface area contributed by atoms with E-state index in [1.165, 1.54) is 16.7 Å². The van der Waals surface area contributed by atoms with E-state index in [0.717, 1.165) is 31.2 Å². The van der Waals surface area contributed by atoms with Crippen molar-refractivity contribution >= 4 is 0 Å². The molecule has 0 radical (unpaired) electrons. The van der Waals surface area contributed by atoms with Crippen LogP contribution in [0, 0.1) is 13.8 Å². The molecule has 16 heavy (non-hydrogen) atoms. The fourth-order valence-electron chi connectivity index (χ4n) is 2.81. The van der Waals surface area contributed by atoms with Crippen LogP contribution in [0.3, 0.4) is 0 Å². The van der Waals surface area contributed by atoms with E-state index in [-0.39, 0.29) is 0 Å². The van der Waals surface area contributed by atoms with Gasteiger partial charge >= 0.3 is 0 Å². The third kappa shape index (κ3) is 1.87. The lowest BCUT2D eigenvalue weighted by Gasteiger charge is -2.28. The van der Waals surface area contributed by atoms with Crippen molar-refractivity contribution in [2.45, 2.75) is 45.1 Å². The number of aliphatic hydroxyl groups is 1. The van der Waals surface area contributed by atoms with Crippen LogP contribution in [0.15, 0.2) is 12.1 Å². The molecule has 0 amide bonds. The van der Waals surface area contributed by atoms with Gasteiger partial charge in [-0.25, -0.2) is 0 Å². The van der Waals surface area contributed by atoms with Gasteiger partial charge in [0, 0.05) is 6.54 Å². The number of aryl methyl sites for hydroxylation is 2. The predicted molar refractivity (Wildman–Crippen MR) is 66.4 cm³/mol. The zero-order valence-electron chi connectivity index (χ0n) is 10.2. The third-order valence-corrected chi connectivity index (χ3v) is 3.72. The van der Waals surface area contributed by atoms with Gasteiger partial charge in [0.25, 0.3) is 0 Å². The Balaban J connectivity index is 2.60. The minimum Gasteiger partial charge on any atom is -0.384 e. The van der Waals surface area contributed by atoms with Gasteiger partial charge in [0.2, 0.25) is 0 Å². The number of hydrogen-bond acceptors (Lipinski definition) is 2. The van der Waals surface area contributed by atoms with Crippen molar-refractivity contribution in [1.29, 1.82) is 0 Å². The van der Waals surface area contributed by atoms with Gasteiger partial charge in [-0.15, -0.1) is 0 Å². The maximum Gasteiger partial charge on any atom is 0.102 e. The summed E-state index contributed by atoms with van der Waals surface area (Å²) in [5, 5.41) is 10.6. The van der Waals surface area contributed by atoms with Crippen molar-refractivity contribution in [3.05, 3.63) is 34.4 Å². The predicted octanol–water partition coefficient (Wildman–Crippen LogP) is 2.18. The van der Waals surface area contributed by atoms with Gasteiger partial charge in [-0.2, -0.15) is 0 Å². The number of rotatable bonds is 1. The van der Waals surface area contributed by atoms with Crippen molar-refractivity contribution in [2.75, 3.05) is 6.54 Å². The Morgan fingerprint density at radius 1 is 1.31 bits per heavy atom. The van der Waals surface area contributed by atoms with Crippen molar-refractivity contribution in [3.8, 4) is 0 Å². The van der Waals surface area contributed by atoms with Crippen LogP contribution in [0.2, 0.25) is 0 Å². The molecule has 2 rings (SSSR count). The summed E-state index contributed by atoms with van der Waals surface area (Å²) in [4.78, 5) is 0. The number of benzene rings is 1. The molecule has 3 N–H and O–H groups in total. The van der Waals surface area contributed by atoms with Crippen molar-refractivity contribution < 1.29 is 5.11 Å². The Labute approximate surface area is 97.5 Å². The summed E-state index contributed by atoms with van der Waals surface area (Å²) in [5.74, 6) is 0. The quantitative estimate of drug-likeness (QED) is 0.711. The molecule has 1 unspecified atom stereocenters. The highest BCUT2D eigenvalue weighted by Crippen LogP contribution is 2.35. The van der Waals surface area contributed by atoms with Crippen LogP contribution in [0.4, 0.5) is 0 Å². The molecule has 88 valence electrons. The van der Waals surface area contributed by atoms with Crippen molar-refractivity contribution in [1.82, 2.24) is 0 Å². The van der Waals surface area contributed by atoms with Crippen LogP contribution in [0.5, 0.6) is 0 Å². The van der Waals surface area contributed by atoms with E-state index in [2.05, 4.69) is 26.0 Å². The zero-order chi connectivity index (χ0) is 11.8. The molecule has 2 heteroatoms. The van der Waals surface area contributed by atoms with Crippen LogP contribution < -0.4 is 5.73 Å². The van der Waals surface area contributed by atoms with Crippen LogP contribution >= 0.6 is 0 Å². The smallest absolute Gasteiger partial charge is 0.102 e. The van der Waals surface area contributed by atoms with Gasteiger partial charge in [-0.05, 0) is 56.2 Å². The molecule has 1 aliphatic rings. The van der Waals surface area contributed by atoms with E-state index in [4.69, 9.17) is 5.73 Å². The van der Waals surface area contributed by atoms with Gasteiger partial charge in [-0.1, -0.05) is 17.7 Å². The van der Waals surface area contributed by atoms with Gasteiger partial charge in [0.05, 0.1) is 0 Å². The fraction of sp³-hybridized carbons (Fsp3) is 0.571. The van der Waals surface area contributed by atoms with E-state index in [0.29, 0.717) is 6.54 Å². The normalized spacial score (nSPS) is 25.0. The van der Waals surface area contributed by atoms with Gasteiger partial charge in [0.1, 0.15) is 5.60 Å². The summed E-state index contributed by atoms with van der Waals surface area (Å²) in [6.45, 7) is 4.53. The Hall–Kier alpha value is -0.860. The van der Waals surface area contributed by atoms with Crippen LogP contribution in [-0.2, 0) is 12.0 Å². The van der Waals surface area contributed by atoms with Crippen LogP contribution in [0.1, 0.15) is 41.5 Å². The minimum atomic E-state index is -0.803. The second-order valence-electron chi connectivity index (χ2n) is 5.05. The first kappa shape index (κ1) is 11.6. The van der Waals surface area contributed by atoms with Gasteiger partial charge < -0.3 is 10.8 Å². The summed E-state index contributed by atoms with van der Waals surface area (Å²) in [6, 6.07) is 4.31. The summed E-state index contributed by atoms with van der Waals surface area (Å²) >= 11 is 0. The Morgan fingerprint density at radius 2 is 2.06 bits per heavy atom. The van der Waals surface area contributed by atoms with Crippen LogP contribution in [-0.4, -0.2) is 11.7 Å². The number of fused-ring (bicyclic) bond motifs is 1. The molecule has 0 aromatic heterocycles. The van der Waals surface area contributed by atoms with Gasteiger partial charge in [-0.3, -0.25) is 0 Å². The largest absolute Gasteiger partial charge is 0.384 e. The molecule has 0 aliphatic heterocycles. The molecule has 2 nitrogen and oxygen atoms in total. The van der Waals surface area contributed by atoms with E-state index in [1.54, 1.807) is 0 Å². The highest BCUT2D eigenvalue weighted by molar-refractivity contribution is 5.42. The first-order chi connectivity index (χ1) is 7.57. The fourth-order valence-corrected chi connectivity index (χ4v) is 2.81. The zero-order valence-corrected chi connectivity index (χ0v) is 10.2.